The lowest BCUT2D eigenvalue weighted by Crippen LogP contribution is -2.14. The van der Waals surface area contributed by atoms with E-state index >= 15 is 0 Å². The maximum Gasteiger partial charge on any atom is 0.0910 e. The van der Waals surface area contributed by atoms with Gasteiger partial charge in [-0.3, -0.25) is 0 Å². The third-order valence-corrected chi connectivity index (χ3v) is 6.34. The van der Waals surface area contributed by atoms with E-state index in [0.29, 0.717) is 27.2 Å². The summed E-state index contributed by atoms with van der Waals surface area (Å²) < 4.78 is 17.6. The Morgan fingerprint density at radius 2 is 1.96 bits per heavy atom. The Kier molecular flexibility index (Phi) is 7.09. The van der Waals surface area contributed by atoms with E-state index in [2.05, 4.69) is 9.36 Å². The zero-order valence-corrected chi connectivity index (χ0v) is 17.7. The van der Waals surface area contributed by atoms with Crippen molar-refractivity contribution in [2.75, 3.05) is 19.8 Å². The summed E-state index contributed by atoms with van der Waals surface area (Å²) >= 11 is 12.3. The summed E-state index contributed by atoms with van der Waals surface area (Å²) in [6.07, 6.45) is 3.36. The van der Waals surface area contributed by atoms with Crippen molar-refractivity contribution >= 4 is 45.0 Å². The molecule has 0 bridgehead atoms. The quantitative estimate of drug-likeness (QED) is 0.460. The van der Waals surface area contributed by atoms with Crippen LogP contribution in [0.2, 0.25) is 10.0 Å². The lowest BCUT2D eigenvalue weighted by atomic mass is 10.2. The van der Waals surface area contributed by atoms with Crippen molar-refractivity contribution in [2.24, 2.45) is 9.36 Å². The van der Waals surface area contributed by atoms with Crippen LogP contribution in [0, 0.1) is 6.92 Å². The van der Waals surface area contributed by atoms with Crippen molar-refractivity contribution in [1.82, 2.24) is 4.90 Å². The Morgan fingerprint density at radius 3 is 2.62 bits per heavy atom. The highest BCUT2D eigenvalue weighted by atomic mass is 35.5. The van der Waals surface area contributed by atoms with Crippen LogP contribution in [-0.2, 0) is 16.3 Å². The van der Waals surface area contributed by atoms with Crippen molar-refractivity contribution in [3.8, 4) is 0 Å². The third kappa shape index (κ3) is 5.47. The number of hydrogen-bond donors (Lipinski definition) is 0. The zero-order chi connectivity index (χ0) is 19.3. The van der Waals surface area contributed by atoms with Crippen LogP contribution in [0.3, 0.4) is 0 Å². The minimum atomic E-state index is -2.59. The Bertz CT molecular complexity index is 934. The van der Waals surface area contributed by atoms with Crippen molar-refractivity contribution in [1.29, 1.82) is 0 Å². The Balaban J connectivity index is 2.34. The molecule has 1 atom stereocenters. The van der Waals surface area contributed by atoms with Crippen LogP contribution >= 0.6 is 23.2 Å². The monoisotopic (exact) mass is 411 g/mol. The predicted molar refractivity (Wildman–Crippen MR) is 113 cm³/mol. The molecule has 7 heteroatoms. The maximum atomic E-state index is 13.1. The minimum absolute atomic E-state index is 0.328. The van der Waals surface area contributed by atoms with Crippen molar-refractivity contribution in [3.05, 3.63) is 57.6 Å². The van der Waals surface area contributed by atoms with Crippen molar-refractivity contribution < 1.29 is 4.21 Å². The van der Waals surface area contributed by atoms with Gasteiger partial charge in [-0.15, -0.1) is 0 Å². The fourth-order valence-corrected chi connectivity index (χ4v) is 4.32. The average molecular weight is 412 g/mol. The summed E-state index contributed by atoms with van der Waals surface area (Å²) in [5.41, 5.74) is 2.42. The number of aryl methyl sites for hydroxylation is 1. The van der Waals surface area contributed by atoms with E-state index in [1.807, 2.05) is 50.1 Å². The Hall–Kier alpha value is -1.56. The largest absolute Gasteiger partial charge is 0.366 e. The predicted octanol–water partition coefficient (Wildman–Crippen LogP) is 5.57. The van der Waals surface area contributed by atoms with E-state index in [9.17, 15) is 4.21 Å². The number of halogens is 2. The Labute approximate surface area is 166 Å². The molecule has 0 radical (unpaired) electrons. The molecule has 0 saturated carbocycles. The van der Waals surface area contributed by atoms with Gasteiger partial charge in [-0.25, -0.2) is 13.6 Å². The van der Waals surface area contributed by atoms with Gasteiger partial charge >= 0.3 is 0 Å². The standard InChI is InChI=1S/C19H23Cl2N3OS/c1-5-24(3)13-22-18-9-14(2)19(11-17(18)21)26(4,25)23-12-15-7-6-8-16(20)10-15/h6-11,13H,5,12H2,1-4H3/b22-13-. The van der Waals surface area contributed by atoms with E-state index in [4.69, 9.17) is 23.2 Å². The lowest BCUT2D eigenvalue weighted by molar-refractivity contribution is 0.552. The van der Waals surface area contributed by atoms with Crippen LogP contribution in [0.1, 0.15) is 18.1 Å². The summed E-state index contributed by atoms with van der Waals surface area (Å²) in [4.78, 5) is 6.97. The summed E-state index contributed by atoms with van der Waals surface area (Å²) in [6, 6.07) is 10.9. The maximum absolute atomic E-state index is 13.1. The van der Waals surface area contributed by atoms with E-state index < -0.39 is 9.73 Å². The molecule has 0 aliphatic carbocycles. The third-order valence-electron chi connectivity index (χ3n) is 3.93. The fraction of sp³-hybridized carbons (Fsp3) is 0.316. The molecule has 0 amide bonds. The highest BCUT2D eigenvalue weighted by Gasteiger charge is 2.13. The topological polar surface area (TPSA) is 45.0 Å². The van der Waals surface area contributed by atoms with E-state index in [1.54, 1.807) is 24.7 Å². The second kappa shape index (κ2) is 8.89. The van der Waals surface area contributed by atoms with Crippen LogP contribution in [0.15, 0.2) is 50.6 Å². The zero-order valence-electron chi connectivity index (χ0n) is 15.4. The lowest BCUT2D eigenvalue weighted by Gasteiger charge is -2.12. The van der Waals surface area contributed by atoms with E-state index in [0.717, 1.165) is 17.7 Å². The molecule has 1 unspecified atom stereocenters. The molecule has 2 aromatic rings. The number of benzene rings is 2. The molecule has 26 heavy (non-hydrogen) atoms. The molecular weight excluding hydrogens is 389 g/mol. The van der Waals surface area contributed by atoms with Gasteiger partial charge in [-0.1, -0.05) is 35.3 Å². The molecule has 0 saturated heterocycles. The van der Waals surface area contributed by atoms with Crippen molar-refractivity contribution in [3.63, 3.8) is 0 Å². The van der Waals surface area contributed by atoms with Gasteiger partial charge in [0.15, 0.2) is 0 Å². The van der Waals surface area contributed by atoms with Crippen LogP contribution < -0.4 is 0 Å². The summed E-state index contributed by atoms with van der Waals surface area (Å²) in [6.45, 7) is 5.11. The molecule has 0 aromatic heterocycles. The van der Waals surface area contributed by atoms with Gasteiger partial charge in [0.2, 0.25) is 0 Å². The smallest absolute Gasteiger partial charge is 0.0910 e. The van der Waals surface area contributed by atoms with Gasteiger partial charge in [0.25, 0.3) is 0 Å². The Morgan fingerprint density at radius 1 is 1.23 bits per heavy atom. The average Bonchev–Trinajstić information content (AvgIpc) is 2.60. The molecule has 0 spiro atoms. The highest BCUT2D eigenvalue weighted by molar-refractivity contribution is 7.93. The summed E-state index contributed by atoms with van der Waals surface area (Å²) in [7, 11) is -0.655. The first-order valence-corrected chi connectivity index (χ1v) is 10.9. The van der Waals surface area contributed by atoms with Gasteiger partial charge in [-0.05, 0) is 49.2 Å². The molecular formula is C19H23Cl2N3OS. The van der Waals surface area contributed by atoms with Crippen LogP contribution in [0.25, 0.3) is 0 Å². The minimum Gasteiger partial charge on any atom is -0.366 e. The van der Waals surface area contributed by atoms with Gasteiger partial charge in [-0.2, -0.15) is 0 Å². The highest BCUT2D eigenvalue weighted by Crippen LogP contribution is 2.31. The first-order chi connectivity index (χ1) is 12.2. The van der Waals surface area contributed by atoms with Crippen LogP contribution in [0.4, 0.5) is 5.69 Å². The molecule has 4 nitrogen and oxygen atoms in total. The number of nitrogens with zero attached hydrogens (tertiary/aromatic N) is 3. The van der Waals surface area contributed by atoms with Gasteiger partial charge < -0.3 is 4.90 Å². The van der Waals surface area contributed by atoms with Crippen LogP contribution in [-0.4, -0.2) is 35.3 Å². The second-order valence-electron chi connectivity index (χ2n) is 6.11. The molecule has 0 heterocycles. The molecule has 0 aliphatic rings. The van der Waals surface area contributed by atoms with E-state index in [1.165, 1.54) is 0 Å². The van der Waals surface area contributed by atoms with Gasteiger partial charge in [0.1, 0.15) is 0 Å². The molecule has 0 N–H and O–H groups in total. The number of aliphatic imine (C=N–C) groups is 1. The van der Waals surface area contributed by atoms with E-state index in [-0.39, 0.29) is 0 Å². The molecule has 2 rings (SSSR count). The number of hydrogen-bond acceptors (Lipinski definition) is 3. The van der Waals surface area contributed by atoms with Crippen molar-refractivity contribution in [2.45, 2.75) is 25.3 Å². The number of rotatable bonds is 6. The molecule has 0 aliphatic heterocycles. The first kappa shape index (κ1) is 20.7. The van der Waals surface area contributed by atoms with Crippen LogP contribution in [0.5, 0.6) is 0 Å². The second-order valence-corrected chi connectivity index (χ2v) is 9.25. The SMILES string of the molecule is CCN(C)/C=N\c1cc(C)c(S(C)(=O)=NCc2cccc(Cl)c2)cc1Cl. The van der Waals surface area contributed by atoms with Gasteiger partial charge in [0.05, 0.1) is 38.2 Å². The molecule has 140 valence electrons. The summed E-state index contributed by atoms with van der Waals surface area (Å²) in [5, 5.41) is 1.10. The van der Waals surface area contributed by atoms with Gasteiger partial charge in [0, 0.05) is 24.9 Å². The molecule has 0 fully saturated rings. The fourth-order valence-electron chi connectivity index (χ4n) is 2.30. The summed E-state index contributed by atoms with van der Waals surface area (Å²) in [5.74, 6) is 0. The normalized spacial score (nSPS) is 13.6. The molecule has 2 aromatic carbocycles. The first-order valence-electron chi connectivity index (χ1n) is 8.20.